The van der Waals surface area contributed by atoms with Gasteiger partial charge in [-0.15, -0.1) is 0 Å². The summed E-state index contributed by atoms with van der Waals surface area (Å²) >= 11 is 3.34. The highest BCUT2D eigenvalue weighted by Crippen LogP contribution is 2.19. The van der Waals surface area contributed by atoms with Gasteiger partial charge in [-0.2, -0.15) is 0 Å². The van der Waals surface area contributed by atoms with E-state index in [9.17, 15) is 4.79 Å². The van der Waals surface area contributed by atoms with Crippen LogP contribution in [0.2, 0.25) is 0 Å². The van der Waals surface area contributed by atoms with Crippen molar-refractivity contribution in [2.75, 3.05) is 5.73 Å². The minimum atomic E-state index is 0.528. The summed E-state index contributed by atoms with van der Waals surface area (Å²) in [4.78, 5) is 10.1. The third-order valence-electron chi connectivity index (χ3n) is 1.64. The molecule has 0 aliphatic carbocycles. The number of hydrogen-bond donors (Lipinski definition) is 1. The van der Waals surface area contributed by atoms with Crippen LogP contribution in [0.15, 0.2) is 22.7 Å². The molecule has 1 rings (SSSR count). The summed E-state index contributed by atoms with van der Waals surface area (Å²) in [5.41, 5.74) is 7.47. The molecule has 1 aromatic carbocycles. The highest BCUT2D eigenvalue weighted by Gasteiger charge is 1.98. The maximum absolute atomic E-state index is 10.1. The van der Waals surface area contributed by atoms with Gasteiger partial charge in [-0.05, 0) is 30.2 Å². The van der Waals surface area contributed by atoms with Crippen molar-refractivity contribution < 1.29 is 4.79 Å². The van der Waals surface area contributed by atoms with Gasteiger partial charge in [0.2, 0.25) is 0 Å². The average molecular weight is 228 g/mol. The smallest absolute Gasteiger partial charge is 0.120 e. The Morgan fingerprint density at radius 3 is 2.92 bits per heavy atom. The lowest BCUT2D eigenvalue weighted by Crippen LogP contribution is -1.94. The molecule has 0 bridgehead atoms. The lowest BCUT2D eigenvalue weighted by Gasteiger charge is -2.03. The van der Waals surface area contributed by atoms with E-state index in [-0.39, 0.29) is 0 Å². The number of anilines is 1. The zero-order valence-corrected chi connectivity index (χ0v) is 8.17. The van der Waals surface area contributed by atoms with E-state index in [4.69, 9.17) is 5.73 Å². The molecule has 0 aliphatic heterocycles. The van der Waals surface area contributed by atoms with E-state index in [1.807, 2.05) is 18.2 Å². The molecule has 0 saturated carbocycles. The lowest BCUT2D eigenvalue weighted by atomic mass is 10.1. The Kier molecular flexibility index (Phi) is 3.29. The Labute approximate surface area is 79.9 Å². The molecule has 0 aliphatic rings. The summed E-state index contributed by atoms with van der Waals surface area (Å²) in [7, 11) is 0. The molecule has 2 N–H and O–H groups in total. The second-order valence-electron chi connectivity index (χ2n) is 2.55. The average Bonchev–Trinajstić information content (AvgIpc) is 2.07. The number of hydrogen-bond acceptors (Lipinski definition) is 2. The summed E-state index contributed by atoms with van der Waals surface area (Å²) in [6.45, 7) is 0. The topological polar surface area (TPSA) is 43.1 Å². The van der Waals surface area contributed by atoms with E-state index in [1.54, 1.807) is 0 Å². The van der Waals surface area contributed by atoms with Crippen LogP contribution in [0.4, 0.5) is 5.69 Å². The molecule has 64 valence electrons. The number of benzene rings is 1. The molecule has 0 unspecified atom stereocenters. The van der Waals surface area contributed by atoms with E-state index >= 15 is 0 Å². The quantitative estimate of drug-likeness (QED) is 0.636. The molecule has 0 radical (unpaired) electrons. The van der Waals surface area contributed by atoms with E-state index in [2.05, 4.69) is 15.9 Å². The zero-order valence-electron chi connectivity index (χ0n) is 6.59. The van der Waals surface area contributed by atoms with Gasteiger partial charge >= 0.3 is 0 Å². The number of nitrogens with two attached hydrogens (primary N) is 1. The second-order valence-corrected chi connectivity index (χ2v) is 3.46. The van der Waals surface area contributed by atoms with Crippen LogP contribution in [0, 0.1) is 0 Å². The van der Waals surface area contributed by atoms with Crippen molar-refractivity contribution in [3.8, 4) is 0 Å². The van der Waals surface area contributed by atoms with Gasteiger partial charge in [0.05, 0.1) is 0 Å². The Morgan fingerprint density at radius 1 is 1.50 bits per heavy atom. The first-order valence-corrected chi connectivity index (χ1v) is 4.51. The van der Waals surface area contributed by atoms with Gasteiger partial charge < -0.3 is 10.5 Å². The molecule has 12 heavy (non-hydrogen) atoms. The van der Waals surface area contributed by atoms with Gasteiger partial charge in [0.25, 0.3) is 0 Å². The SMILES string of the molecule is Nc1ccc(Br)cc1CCC=O. The van der Waals surface area contributed by atoms with Gasteiger partial charge in [-0.25, -0.2) is 0 Å². The van der Waals surface area contributed by atoms with Crippen LogP contribution < -0.4 is 5.73 Å². The third-order valence-corrected chi connectivity index (χ3v) is 2.13. The predicted octanol–water partition coefficient (Wildman–Crippen LogP) is 2.16. The van der Waals surface area contributed by atoms with Crippen molar-refractivity contribution in [1.29, 1.82) is 0 Å². The minimum Gasteiger partial charge on any atom is -0.399 e. The van der Waals surface area contributed by atoms with Crippen molar-refractivity contribution in [2.45, 2.75) is 12.8 Å². The first kappa shape index (κ1) is 9.26. The minimum absolute atomic E-state index is 0.528. The van der Waals surface area contributed by atoms with E-state index < -0.39 is 0 Å². The largest absolute Gasteiger partial charge is 0.399 e. The molecule has 0 spiro atoms. The predicted molar refractivity (Wildman–Crippen MR) is 52.9 cm³/mol. The van der Waals surface area contributed by atoms with Crippen molar-refractivity contribution in [3.05, 3.63) is 28.2 Å². The summed E-state index contributed by atoms with van der Waals surface area (Å²) < 4.78 is 0.998. The fraction of sp³-hybridized carbons (Fsp3) is 0.222. The number of aldehydes is 1. The Bertz CT molecular complexity index is 286. The molecule has 0 saturated heterocycles. The fourth-order valence-corrected chi connectivity index (χ4v) is 1.41. The second kappa shape index (κ2) is 4.26. The molecule has 3 heteroatoms. The molecule has 0 atom stereocenters. The molecule has 1 aromatic rings. The van der Waals surface area contributed by atoms with Gasteiger partial charge in [-0.3, -0.25) is 0 Å². The maximum Gasteiger partial charge on any atom is 0.120 e. The molecule has 0 amide bonds. The highest BCUT2D eigenvalue weighted by atomic mass is 79.9. The molecule has 0 fully saturated rings. The molecular formula is C9H10BrNO. The number of carbonyl (C=O) groups is 1. The summed E-state index contributed by atoms with van der Waals surface area (Å²) in [6, 6.07) is 5.67. The highest BCUT2D eigenvalue weighted by molar-refractivity contribution is 9.10. The van der Waals surface area contributed by atoms with Gasteiger partial charge in [-0.1, -0.05) is 15.9 Å². The Hall–Kier alpha value is -0.830. The van der Waals surface area contributed by atoms with E-state index in [0.29, 0.717) is 6.42 Å². The van der Waals surface area contributed by atoms with Gasteiger partial charge in [0.15, 0.2) is 0 Å². The number of rotatable bonds is 3. The van der Waals surface area contributed by atoms with Crippen LogP contribution in [-0.2, 0) is 11.2 Å². The maximum atomic E-state index is 10.1. The van der Waals surface area contributed by atoms with E-state index in [1.165, 1.54) is 0 Å². The summed E-state index contributed by atoms with van der Waals surface area (Å²) in [6.07, 6.45) is 2.15. The number of carbonyl (C=O) groups excluding carboxylic acids is 1. The Balaban J connectivity index is 2.82. The van der Waals surface area contributed by atoms with Crippen molar-refractivity contribution >= 4 is 27.9 Å². The molecule has 0 aromatic heterocycles. The number of nitrogen functional groups attached to an aromatic ring is 1. The van der Waals surface area contributed by atoms with E-state index in [0.717, 1.165) is 28.4 Å². The third kappa shape index (κ3) is 2.34. The molecule has 0 heterocycles. The van der Waals surface area contributed by atoms with Gasteiger partial charge in [0.1, 0.15) is 6.29 Å². The van der Waals surface area contributed by atoms with Crippen LogP contribution in [0.25, 0.3) is 0 Å². The fourth-order valence-electron chi connectivity index (χ4n) is 1.01. The standard InChI is InChI=1S/C9H10BrNO/c10-8-3-4-9(11)7(6-8)2-1-5-12/h3-6H,1-2,11H2. The number of halogens is 1. The van der Waals surface area contributed by atoms with Crippen molar-refractivity contribution in [3.63, 3.8) is 0 Å². The monoisotopic (exact) mass is 227 g/mol. The first-order valence-electron chi connectivity index (χ1n) is 3.71. The molecular weight excluding hydrogens is 218 g/mol. The Morgan fingerprint density at radius 2 is 2.25 bits per heavy atom. The number of aryl methyl sites for hydroxylation is 1. The summed E-state index contributed by atoms with van der Waals surface area (Å²) in [5.74, 6) is 0. The summed E-state index contributed by atoms with van der Waals surface area (Å²) in [5, 5.41) is 0. The zero-order chi connectivity index (χ0) is 8.97. The lowest BCUT2D eigenvalue weighted by molar-refractivity contribution is -0.107. The van der Waals surface area contributed by atoms with Gasteiger partial charge in [0, 0.05) is 16.6 Å². The van der Waals surface area contributed by atoms with Crippen molar-refractivity contribution in [2.24, 2.45) is 0 Å². The van der Waals surface area contributed by atoms with Crippen LogP contribution in [0.3, 0.4) is 0 Å². The van der Waals surface area contributed by atoms with Crippen LogP contribution in [0.1, 0.15) is 12.0 Å². The van der Waals surface area contributed by atoms with Crippen LogP contribution in [-0.4, -0.2) is 6.29 Å². The van der Waals surface area contributed by atoms with Crippen molar-refractivity contribution in [1.82, 2.24) is 0 Å². The molecule has 2 nitrogen and oxygen atoms in total. The first-order chi connectivity index (χ1) is 5.74. The van der Waals surface area contributed by atoms with Crippen LogP contribution in [0.5, 0.6) is 0 Å². The normalized spacial score (nSPS) is 9.75. The van der Waals surface area contributed by atoms with Crippen LogP contribution >= 0.6 is 15.9 Å².